The van der Waals surface area contributed by atoms with Crippen LogP contribution in [-0.4, -0.2) is 32.1 Å². The molecule has 3 heteroatoms. The van der Waals surface area contributed by atoms with Crippen LogP contribution in [0.25, 0.3) is 0 Å². The summed E-state index contributed by atoms with van der Waals surface area (Å²) in [5.41, 5.74) is 0. The van der Waals surface area contributed by atoms with Gasteiger partial charge in [0.25, 0.3) is 0 Å². The third-order valence-electron chi connectivity index (χ3n) is 2.95. The third-order valence-corrected chi connectivity index (χ3v) is 2.95. The Labute approximate surface area is 93.5 Å². The molecule has 0 spiro atoms. The topological polar surface area (TPSA) is 30.5 Å². The molecule has 0 aromatic rings. The SMILES string of the molecule is CCCNC1CCC(OCOCC)CC1. The van der Waals surface area contributed by atoms with Gasteiger partial charge in [0, 0.05) is 12.6 Å². The van der Waals surface area contributed by atoms with Crippen molar-refractivity contribution in [3.8, 4) is 0 Å². The van der Waals surface area contributed by atoms with Crippen LogP contribution in [-0.2, 0) is 9.47 Å². The standard InChI is InChI=1S/C12H25NO2/c1-3-9-13-11-5-7-12(8-6-11)15-10-14-4-2/h11-13H,3-10H2,1-2H3. The van der Waals surface area contributed by atoms with E-state index in [1.165, 1.54) is 32.1 Å². The zero-order chi connectivity index (χ0) is 10.9. The van der Waals surface area contributed by atoms with Crippen molar-refractivity contribution >= 4 is 0 Å². The molecule has 0 unspecified atom stereocenters. The average molecular weight is 215 g/mol. The van der Waals surface area contributed by atoms with Crippen LogP contribution in [0.15, 0.2) is 0 Å². The molecule has 0 radical (unpaired) electrons. The van der Waals surface area contributed by atoms with E-state index < -0.39 is 0 Å². The lowest BCUT2D eigenvalue weighted by atomic mass is 9.93. The maximum Gasteiger partial charge on any atom is 0.147 e. The molecule has 1 rings (SSSR count). The largest absolute Gasteiger partial charge is 0.356 e. The van der Waals surface area contributed by atoms with Gasteiger partial charge in [-0.15, -0.1) is 0 Å². The summed E-state index contributed by atoms with van der Waals surface area (Å²) in [6, 6.07) is 0.719. The van der Waals surface area contributed by atoms with Crippen molar-refractivity contribution in [2.45, 2.75) is 58.1 Å². The second-order valence-corrected chi connectivity index (χ2v) is 4.21. The first-order valence-electron chi connectivity index (χ1n) is 6.29. The summed E-state index contributed by atoms with van der Waals surface area (Å²) >= 11 is 0. The maximum atomic E-state index is 5.63. The summed E-state index contributed by atoms with van der Waals surface area (Å²) in [6.07, 6.45) is 6.49. The Hall–Kier alpha value is -0.120. The minimum atomic E-state index is 0.427. The molecule has 0 heterocycles. The number of hydrogen-bond donors (Lipinski definition) is 1. The van der Waals surface area contributed by atoms with Gasteiger partial charge in [-0.2, -0.15) is 0 Å². The van der Waals surface area contributed by atoms with Gasteiger partial charge in [0.2, 0.25) is 0 Å². The zero-order valence-corrected chi connectivity index (χ0v) is 10.1. The molecule has 1 fully saturated rings. The molecule has 0 amide bonds. The molecule has 15 heavy (non-hydrogen) atoms. The maximum absolute atomic E-state index is 5.63. The minimum absolute atomic E-state index is 0.427. The molecule has 0 saturated heterocycles. The molecule has 0 aliphatic heterocycles. The van der Waals surface area contributed by atoms with Crippen LogP contribution in [0.3, 0.4) is 0 Å². The highest BCUT2D eigenvalue weighted by Gasteiger charge is 2.20. The van der Waals surface area contributed by atoms with E-state index in [2.05, 4.69) is 12.2 Å². The molecule has 1 aliphatic rings. The van der Waals surface area contributed by atoms with Gasteiger partial charge >= 0.3 is 0 Å². The van der Waals surface area contributed by atoms with Crippen LogP contribution in [0.5, 0.6) is 0 Å². The first-order valence-corrected chi connectivity index (χ1v) is 6.29. The van der Waals surface area contributed by atoms with Gasteiger partial charge in [-0.05, 0) is 45.6 Å². The lowest BCUT2D eigenvalue weighted by Gasteiger charge is -2.29. The van der Waals surface area contributed by atoms with E-state index in [0.29, 0.717) is 12.9 Å². The first-order chi connectivity index (χ1) is 7.36. The molecular weight excluding hydrogens is 190 g/mol. The second-order valence-electron chi connectivity index (χ2n) is 4.21. The zero-order valence-electron chi connectivity index (χ0n) is 10.1. The predicted octanol–water partition coefficient (Wildman–Crippen LogP) is 2.31. The van der Waals surface area contributed by atoms with Crippen LogP contribution in [0.4, 0.5) is 0 Å². The first kappa shape index (κ1) is 12.9. The van der Waals surface area contributed by atoms with Gasteiger partial charge < -0.3 is 14.8 Å². The fourth-order valence-electron chi connectivity index (χ4n) is 2.01. The molecule has 0 aromatic carbocycles. The third kappa shape index (κ3) is 5.50. The van der Waals surface area contributed by atoms with E-state index >= 15 is 0 Å². The van der Waals surface area contributed by atoms with E-state index in [1.54, 1.807) is 0 Å². The van der Waals surface area contributed by atoms with Gasteiger partial charge in [-0.1, -0.05) is 6.92 Å². The van der Waals surface area contributed by atoms with Crippen LogP contribution in [0.2, 0.25) is 0 Å². The number of hydrogen-bond acceptors (Lipinski definition) is 3. The van der Waals surface area contributed by atoms with E-state index in [-0.39, 0.29) is 0 Å². The van der Waals surface area contributed by atoms with Gasteiger partial charge in [0.1, 0.15) is 6.79 Å². The summed E-state index contributed by atoms with van der Waals surface area (Å²) in [5.74, 6) is 0. The molecule has 90 valence electrons. The highest BCUT2D eigenvalue weighted by atomic mass is 16.7. The summed E-state index contributed by atoms with van der Waals surface area (Å²) in [6.45, 7) is 6.56. The highest BCUT2D eigenvalue weighted by Crippen LogP contribution is 2.21. The normalized spacial score (nSPS) is 26.8. The van der Waals surface area contributed by atoms with Crippen molar-refractivity contribution in [1.29, 1.82) is 0 Å². The molecular formula is C12H25NO2. The summed E-state index contributed by atoms with van der Waals surface area (Å²) in [5, 5.41) is 3.57. The fraction of sp³-hybridized carbons (Fsp3) is 1.00. The number of rotatable bonds is 7. The van der Waals surface area contributed by atoms with Crippen LogP contribution < -0.4 is 5.32 Å². The van der Waals surface area contributed by atoms with Crippen LogP contribution in [0, 0.1) is 0 Å². The lowest BCUT2D eigenvalue weighted by Crippen LogP contribution is -2.35. The molecule has 3 nitrogen and oxygen atoms in total. The van der Waals surface area contributed by atoms with E-state index in [9.17, 15) is 0 Å². The van der Waals surface area contributed by atoms with Gasteiger partial charge in [0.15, 0.2) is 0 Å². The van der Waals surface area contributed by atoms with E-state index in [0.717, 1.165) is 19.2 Å². The molecule has 0 atom stereocenters. The average Bonchev–Trinajstić information content (AvgIpc) is 2.28. The van der Waals surface area contributed by atoms with Crippen molar-refractivity contribution in [1.82, 2.24) is 5.32 Å². The molecule has 1 saturated carbocycles. The fourth-order valence-corrected chi connectivity index (χ4v) is 2.01. The Morgan fingerprint density at radius 2 is 1.87 bits per heavy atom. The number of ether oxygens (including phenoxy) is 2. The van der Waals surface area contributed by atoms with Crippen molar-refractivity contribution in [3.63, 3.8) is 0 Å². The Kier molecular flexibility index (Phi) is 6.98. The monoisotopic (exact) mass is 215 g/mol. The smallest absolute Gasteiger partial charge is 0.147 e. The van der Waals surface area contributed by atoms with Gasteiger partial charge in [-0.3, -0.25) is 0 Å². The second kappa shape index (κ2) is 8.08. The Morgan fingerprint density at radius 1 is 1.13 bits per heavy atom. The van der Waals surface area contributed by atoms with Crippen molar-refractivity contribution in [2.75, 3.05) is 19.9 Å². The lowest BCUT2D eigenvalue weighted by molar-refractivity contribution is -0.0968. The molecule has 1 aliphatic carbocycles. The minimum Gasteiger partial charge on any atom is -0.356 e. The number of nitrogens with one attached hydrogen (secondary N) is 1. The highest BCUT2D eigenvalue weighted by molar-refractivity contribution is 4.77. The van der Waals surface area contributed by atoms with Crippen LogP contribution in [0.1, 0.15) is 46.0 Å². The van der Waals surface area contributed by atoms with E-state index in [1.807, 2.05) is 6.92 Å². The Balaban J connectivity index is 2.02. The van der Waals surface area contributed by atoms with Gasteiger partial charge in [-0.25, -0.2) is 0 Å². The quantitative estimate of drug-likeness (QED) is 0.522. The summed E-state index contributed by atoms with van der Waals surface area (Å²) in [7, 11) is 0. The summed E-state index contributed by atoms with van der Waals surface area (Å²) in [4.78, 5) is 0. The summed E-state index contributed by atoms with van der Waals surface area (Å²) < 4.78 is 10.8. The van der Waals surface area contributed by atoms with Crippen molar-refractivity contribution < 1.29 is 9.47 Å². The Morgan fingerprint density at radius 3 is 2.47 bits per heavy atom. The Bertz CT molecular complexity index is 145. The van der Waals surface area contributed by atoms with Crippen LogP contribution >= 0.6 is 0 Å². The van der Waals surface area contributed by atoms with Crippen molar-refractivity contribution in [2.24, 2.45) is 0 Å². The van der Waals surface area contributed by atoms with Gasteiger partial charge in [0.05, 0.1) is 6.10 Å². The molecule has 0 bridgehead atoms. The molecule has 0 aromatic heterocycles. The predicted molar refractivity (Wildman–Crippen MR) is 61.9 cm³/mol. The van der Waals surface area contributed by atoms with E-state index in [4.69, 9.17) is 9.47 Å². The van der Waals surface area contributed by atoms with Crippen molar-refractivity contribution in [3.05, 3.63) is 0 Å². The molecule has 1 N–H and O–H groups in total.